The molecule has 5 rings (SSSR count). The van der Waals surface area contributed by atoms with Crippen molar-refractivity contribution in [1.82, 2.24) is 4.98 Å². The summed E-state index contributed by atoms with van der Waals surface area (Å²) in [5.41, 5.74) is 4.71. The smallest absolute Gasteiger partial charge is 0.221 e. The van der Waals surface area contributed by atoms with Crippen molar-refractivity contribution in [2.75, 3.05) is 11.4 Å². The molecule has 0 amide bonds. The van der Waals surface area contributed by atoms with Crippen molar-refractivity contribution in [1.29, 1.82) is 0 Å². The predicted octanol–water partition coefficient (Wildman–Crippen LogP) is 5.90. The Bertz CT molecular complexity index is 1110. The van der Waals surface area contributed by atoms with Crippen LogP contribution in [0.3, 0.4) is 0 Å². The molecule has 130 valence electrons. The van der Waals surface area contributed by atoms with Gasteiger partial charge in [-0.3, -0.25) is 0 Å². The van der Waals surface area contributed by atoms with Gasteiger partial charge in [0, 0.05) is 29.8 Å². The zero-order valence-corrected chi connectivity index (χ0v) is 15.0. The Kier molecular flexibility index (Phi) is 3.54. The molecule has 0 saturated carbocycles. The van der Waals surface area contributed by atoms with Crippen LogP contribution in [0.5, 0.6) is 0 Å². The highest BCUT2D eigenvalue weighted by molar-refractivity contribution is 6.35. The number of benzene rings is 2. The SMILES string of the molecule is CC1Cc2coc3ccc(Cl)c(c23)N(C=Cc2nc3ccccc3o2)C1. The van der Waals surface area contributed by atoms with Crippen LogP contribution >= 0.6 is 11.6 Å². The zero-order valence-electron chi connectivity index (χ0n) is 14.3. The molecule has 2 aromatic carbocycles. The Morgan fingerprint density at radius 1 is 1.19 bits per heavy atom. The third-order valence-corrected chi connectivity index (χ3v) is 5.12. The summed E-state index contributed by atoms with van der Waals surface area (Å²) in [6.45, 7) is 3.10. The number of furan rings is 1. The van der Waals surface area contributed by atoms with Crippen LogP contribution in [-0.4, -0.2) is 11.5 Å². The second-order valence-electron chi connectivity index (χ2n) is 6.83. The monoisotopic (exact) mass is 364 g/mol. The van der Waals surface area contributed by atoms with Crippen LogP contribution in [-0.2, 0) is 6.42 Å². The van der Waals surface area contributed by atoms with Gasteiger partial charge in [0.1, 0.15) is 11.1 Å². The fraction of sp³-hybridized carbons (Fsp3) is 0.190. The number of hydrogen-bond donors (Lipinski definition) is 0. The standard InChI is InChI=1S/C21H17ClN2O2/c1-13-10-14-12-25-18-7-6-15(22)21(20(14)18)24(11-13)9-8-19-23-16-4-2-3-5-17(16)26-19/h2-9,12-13H,10-11H2,1H3. The maximum absolute atomic E-state index is 6.57. The zero-order chi connectivity index (χ0) is 17.7. The van der Waals surface area contributed by atoms with Crippen LogP contribution in [0.2, 0.25) is 5.02 Å². The molecule has 0 spiro atoms. The third kappa shape index (κ3) is 2.49. The molecule has 1 atom stereocenters. The van der Waals surface area contributed by atoms with E-state index in [1.807, 2.05) is 54.9 Å². The minimum atomic E-state index is 0.465. The van der Waals surface area contributed by atoms with E-state index in [1.165, 1.54) is 5.56 Å². The first kappa shape index (κ1) is 15.5. The number of nitrogens with zero attached hydrogens (tertiary/aromatic N) is 2. The maximum atomic E-state index is 6.57. The van der Waals surface area contributed by atoms with E-state index in [4.69, 9.17) is 20.4 Å². The molecule has 2 aromatic heterocycles. The minimum absolute atomic E-state index is 0.465. The van der Waals surface area contributed by atoms with Gasteiger partial charge in [-0.2, -0.15) is 0 Å². The highest BCUT2D eigenvalue weighted by atomic mass is 35.5. The van der Waals surface area contributed by atoms with Crippen molar-refractivity contribution in [3.8, 4) is 0 Å². The maximum Gasteiger partial charge on any atom is 0.221 e. The number of rotatable bonds is 2. The average molecular weight is 365 g/mol. The van der Waals surface area contributed by atoms with Gasteiger partial charge in [0.25, 0.3) is 0 Å². The normalized spacial score (nSPS) is 17.5. The lowest BCUT2D eigenvalue weighted by Crippen LogP contribution is -2.22. The van der Waals surface area contributed by atoms with Crippen LogP contribution in [0, 0.1) is 5.92 Å². The number of oxazole rings is 1. The lowest BCUT2D eigenvalue weighted by Gasteiger charge is -2.23. The van der Waals surface area contributed by atoms with Gasteiger partial charge in [0.2, 0.25) is 5.89 Å². The summed E-state index contributed by atoms with van der Waals surface area (Å²) in [6, 6.07) is 11.6. The van der Waals surface area contributed by atoms with E-state index >= 15 is 0 Å². The lowest BCUT2D eigenvalue weighted by atomic mass is 10.0. The van der Waals surface area contributed by atoms with Crippen LogP contribution < -0.4 is 4.90 Å². The summed E-state index contributed by atoms with van der Waals surface area (Å²) >= 11 is 6.57. The van der Waals surface area contributed by atoms with Crippen molar-refractivity contribution in [2.45, 2.75) is 13.3 Å². The summed E-state index contributed by atoms with van der Waals surface area (Å²) in [5, 5.41) is 1.82. The van der Waals surface area contributed by atoms with Crippen molar-refractivity contribution in [3.05, 3.63) is 65.3 Å². The number of hydrogen-bond acceptors (Lipinski definition) is 4. The molecule has 0 radical (unpaired) electrons. The first-order valence-corrected chi connectivity index (χ1v) is 9.06. The van der Waals surface area contributed by atoms with Gasteiger partial charge in [-0.05, 0) is 36.6 Å². The van der Waals surface area contributed by atoms with Gasteiger partial charge in [0.15, 0.2) is 5.58 Å². The molecule has 5 heteroatoms. The molecule has 1 aliphatic rings. The van der Waals surface area contributed by atoms with Gasteiger partial charge in [-0.1, -0.05) is 30.7 Å². The number of aromatic nitrogens is 1. The Hall–Kier alpha value is -2.72. The summed E-state index contributed by atoms with van der Waals surface area (Å²) in [4.78, 5) is 6.69. The molecule has 26 heavy (non-hydrogen) atoms. The van der Waals surface area contributed by atoms with E-state index in [1.54, 1.807) is 0 Å². The highest BCUT2D eigenvalue weighted by Gasteiger charge is 2.24. The molecule has 0 fully saturated rings. The highest BCUT2D eigenvalue weighted by Crippen LogP contribution is 2.41. The van der Waals surface area contributed by atoms with Gasteiger partial charge in [-0.25, -0.2) is 4.98 Å². The summed E-state index contributed by atoms with van der Waals surface area (Å²) in [6.07, 6.45) is 6.72. The molecule has 0 saturated heterocycles. The van der Waals surface area contributed by atoms with Crippen LogP contribution in [0.4, 0.5) is 5.69 Å². The van der Waals surface area contributed by atoms with Gasteiger partial charge in [-0.15, -0.1) is 0 Å². The molecule has 0 bridgehead atoms. The number of halogens is 1. The molecule has 1 aliphatic heterocycles. The van der Waals surface area contributed by atoms with Crippen molar-refractivity contribution in [2.24, 2.45) is 5.92 Å². The molecular weight excluding hydrogens is 348 g/mol. The van der Waals surface area contributed by atoms with E-state index in [2.05, 4.69) is 16.8 Å². The summed E-state index contributed by atoms with van der Waals surface area (Å²) in [7, 11) is 0. The van der Waals surface area contributed by atoms with Crippen molar-refractivity contribution < 1.29 is 8.83 Å². The second-order valence-corrected chi connectivity index (χ2v) is 7.23. The molecule has 4 aromatic rings. The van der Waals surface area contributed by atoms with Gasteiger partial charge < -0.3 is 13.7 Å². The first-order chi connectivity index (χ1) is 12.7. The molecule has 0 aliphatic carbocycles. The van der Waals surface area contributed by atoms with Crippen LogP contribution in [0.15, 0.2) is 57.7 Å². The summed E-state index contributed by atoms with van der Waals surface area (Å²) < 4.78 is 11.5. The van der Waals surface area contributed by atoms with E-state index in [9.17, 15) is 0 Å². The van der Waals surface area contributed by atoms with E-state index in [0.717, 1.165) is 45.7 Å². The van der Waals surface area contributed by atoms with Crippen LogP contribution in [0.25, 0.3) is 28.1 Å². The largest absolute Gasteiger partial charge is 0.464 e. The predicted molar refractivity (Wildman–Crippen MR) is 104 cm³/mol. The number of para-hydroxylation sites is 2. The first-order valence-electron chi connectivity index (χ1n) is 8.68. The Labute approximate surface area is 155 Å². The Morgan fingerprint density at radius 2 is 2.08 bits per heavy atom. The molecular formula is C21H17ClN2O2. The van der Waals surface area contributed by atoms with E-state index in [0.29, 0.717) is 11.8 Å². The second kappa shape index (κ2) is 5.92. The third-order valence-electron chi connectivity index (χ3n) is 4.81. The molecule has 1 unspecified atom stereocenters. The Morgan fingerprint density at radius 3 is 2.96 bits per heavy atom. The van der Waals surface area contributed by atoms with E-state index in [-0.39, 0.29) is 0 Å². The topological polar surface area (TPSA) is 42.4 Å². The number of anilines is 1. The molecule has 4 nitrogen and oxygen atoms in total. The Balaban J connectivity index is 1.60. The minimum Gasteiger partial charge on any atom is -0.464 e. The fourth-order valence-corrected chi connectivity index (χ4v) is 3.96. The van der Waals surface area contributed by atoms with Gasteiger partial charge >= 0.3 is 0 Å². The fourth-order valence-electron chi connectivity index (χ4n) is 3.70. The number of fused-ring (bicyclic) bond motifs is 1. The molecule has 3 heterocycles. The summed E-state index contributed by atoms with van der Waals surface area (Å²) in [5.74, 6) is 1.05. The quantitative estimate of drug-likeness (QED) is 0.444. The lowest BCUT2D eigenvalue weighted by molar-refractivity contribution is 0.568. The van der Waals surface area contributed by atoms with E-state index < -0.39 is 0 Å². The van der Waals surface area contributed by atoms with Crippen molar-refractivity contribution >= 4 is 45.4 Å². The average Bonchev–Trinajstić information content (AvgIpc) is 3.19. The van der Waals surface area contributed by atoms with Gasteiger partial charge in [0.05, 0.1) is 17.0 Å². The molecule has 0 N–H and O–H groups in total. The van der Waals surface area contributed by atoms with Crippen molar-refractivity contribution in [3.63, 3.8) is 0 Å². The van der Waals surface area contributed by atoms with Crippen LogP contribution in [0.1, 0.15) is 18.4 Å².